The number of hydrogen-bond acceptors (Lipinski definition) is 4. The highest BCUT2D eigenvalue weighted by Crippen LogP contribution is 2.27. The van der Waals surface area contributed by atoms with Crippen molar-refractivity contribution in [1.29, 1.82) is 5.26 Å². The molecule has 140 valence electrons. The van der Waals surface area contributed by atoms with Gasteiger partial charge in [-0.25, -0.2) is 4.39 Å². The quantitative estimate of drug-likeness (QED) is 0.696. The van der Waals surface area contributed by atoms with Crippen molar-refractivity contribution >= 4 is 11.6 Å². The molecule has 2 aromatic carbocycles. The monoisotopic (exact) mass is 376 g/mol. The number of amides is 1. The van der Waals surface area contributed by atoms with Crippen LogP contribution in [0.5, 0.6) is 5.75 Å². The second-order valence-electron chi connectivity index (χ2n) is 6.63. The van der Waals surface area contributed by atoms with E-state index in [9.17, 15) is 9.18 Å². The zero-order valence-electron chi connectivity index (χ0n) is 15.2. The zero-order valence-corrected chi connectivity index (χ0v) is 15.2. The SMILES string of the molecule is C[C@@H]1CN(c2ccc(F)cc2)C(=O)c2cc(COc3cccc(C#N)c3)nn21. The van der Waals surface area contributed by atoms with Crippen LogP contribution in [0.4, 0.5) is 10.1 Å². The summed E-state index contributed by atoms with van der Waals surface area (Å²) in [5.74, 6) is 0.0403. The summed E-state index contributed by atoms with van der Waals surface area (Å²) in [6.07, 6.45) is 0. The predicted molar refractivity (Wildman–Crippen MR) is 101 cm³/mol. The molecule has 1 aromatic heterocycles. The molecule has 0 saturated heterocycles. The lowest BCUT2D eigenvalue weighted by atomic mass is 10.1. The number of anilines is 1. The molecule has 1 atom stereocenters. The molecule has 0 aliphatic carbocycles. The van der Waals surface area contributed by atoms with Gasteiger partial charge in [0.2, 0.25) is 0 Å². The largest absolute Gasteiger partial charge is 0.487 e. The topological polar surface area (TPSA) is 71.2 Å². The minimum Gasteiger partial charge on any atom is -0.487 e. The van der Waals surface area contributed by atoms with Crippen LogP contribution < -0.4 is 9.64 Å². The van der Waals surface area contributed by atoms with Crippen molar-refractivity contribution in [3.63, 3.8) is 0 Å². The van der Waals surface area contributed by atoms with Crippen LogP contribution in [-0.4, -0.2) is 22.2 Å². The molecule has 0 radical (unpaired) electrons. The van der Waals surface area contributed by atoms with Gasteiger partial charge in [0.15, 0.2) is 0 Å². The van der Waals surface area contributed by atoms with Crippen molar-refractivity contribution in [2.24, 2.45) is 0 Å². The Morgan fingerprint density at radius 1 is 1.25 bits per heavy atom. The van der Waals surface area contributed by atoms with Crippen molar-refractivity contribution in [3.05, 3.63) is 77.4 Å². The van der Waals surface area contributed by atoms with E-state index in [4.69, 9.17) is 10.00 Å². The molecular weight excluding hydrogens is 359 g/mol. The Balaban J connectivity index is 1.55. The van der Waals surface area contributed by atoms with Crippen LogP contribution in [0, 0.1) is 17.1 Å². The molecule has 0 saturated carbocycles. The van der Waals surface area contributed by atoms with Gasteiger partial charge >= 0.3 is 0 Å². The fourth-order valence-corrected chi connectivity index (χ4v) is 3.23. The molecule has 7 heteroatoms. The number of rotatable bonds is 4. The van der Waals surface area contributed by atoms with Gasteiger partial charge in [0, 0.05) is 12.2 Å². The molecule has 0 bridgehead atoms. The Hall–Kier alpha value is -3.66. The molecule has 4 rings (SSSR count). The first-order chi connectivity index (χ1) is 13.5. The normalized spacial score (nSPS) is 15.8. The zero-order chi connectivity index (χ0) is 19.7. The number of carbonyl (C=O) groups is 1. The van der Waals surface area contributed by atoms with Gasteiger partial charge in [0.05, 0.1) is 17.7 Å². The maximum absolute atomic E-state index is 13.2. The summed E-state index contributed by atoms with van der Waals surface area (Å²) in [5.41, 5.74) is 2.25. The lowest BCUT2D eigenvalue weighted by Gasteiger charge is -2.31. The van der Waals surface area contributed by atoms with E-state index in [1.807, 2.05) is 6.92 Å². The van der Waals surface area contributed by atoms with Crippen LogP contribution in [0.25, 0.3) is 0 Å². The molecule has 2 heterocycles. The van der Waals surface area contributed by atoms with Gasteiger partial charge in [0.1, 0.15) is 29.6 Å². The Kier molecular flexibility index (Phi) is 4.53. The number of nitrogens with zero attached hydrogens (tertiary/aromatic N) is 4. The summed E-state index contributed by atoms with van der Waals surface area (Å²) in [5, 5.41) is 13.5. The number of benzene rings is 2. The molecule has 6 nitrogen and oxygen atoms in total. The van der Waals surface area contributed by atoms with E-state index in [0.29, 0.717) is 34.9 Å². The van der Waals surface area contributed by atoms with Crippen molar-refractivity contribution in [2.45, 2.75) is 19.6 Å². The van der Waals surface area contributed by atoms with Gasteiger partial charge in [-0.3, -0.25) is 9.48 Å². The summed E-state index contributed by atoms with van der Waals surface area (Å²) in [6.45, 7) is 2.61. The predicted octanol–water partition coefficient (Wildman–Crippen LogP) is 3.69. The minimum atomic E-state index is -0.341. The summed E-state index contributed by atoms with van der Waals surface area (Å²) < 4.78 is 20.6. The number of ether oxygens (including phenoxy) is 1. The van der Waals surface area contributed by atoms with Crippen LogP contribution in [-0.2, 0) is 6.61 Å². The highest BCUT2D eigenvalue weighted by Gasteiger charge is 2.31. The van der Waals surface area contributed by atoms with Gasteiger partial charge in [-0.05, 0) is 55.5 Å². The number of nitriles is 1. The third-order valence-corrected chi connectivity index (χ3v) is 4.60. The van der Waals surface area contributed by atoms with E-state index < -0.39 is 0 Å². The summed E-state index contributed by atoms with van der Waals surface area (Å²) in [7, 11) is 0. The van der Waals surface area contributed by atoms with Crippen LogP contribution >= 0.6 is 0 Å². The van der Waals surface area contributed by atoms with Crippen LogP contribution in [0.15, 0.2) is 54.6 Å². The fraction of sp³-hybridized carbons (Fsp3) is 0.190. The molecule has 1 aliphatic heterocycles. The standard InChI is InChI=1S/C21H17FN4O2/c1-14-12-25(18-7-5-16(22)6-8-18)21(27)20-10-17(24-26(14)20)13-28-19-4-2-3-15(9-19)11-23/h2-10,14H,12-13H2,1H3/t14-/m1/s1. The van der Waals surface area contributed by atoms with E-state index in [0.717, 1.165) is 0 Å². The number of carbonyl (C=O) groups excluding carboxylic acids is 1. The number of aromatic nitrogens is 2. The van der Waals surface area contributed by atoms with E-state index in [1.54, 1.807) is 52.0 Å². The maximum Gasteiger partial charge on any atom is 0.276 e. The Bertz CT molecular complexity index is 1070. The average molecular weight is 376 g/mol. The molecule has 28 heavy (non-hydrogen) atoms. The Morgan fingerprint density at radius 2 is 2.04 bits per heavy atom. The number of halogens is 1. The van der Waals surface area contributed by atoms with Crippen LogP contribution in [0.2, 0.25) is 0 Å². The second kappa shape index (κ2) is 7.16. The van der Waals surface area contributed by atoms with Crippen LogP contribution in [0.1, 0.15) is 34.7 Å². The van der Waals surface area contributed by atoms with Gasteiger partial charge in [0.25, 0.3) is 5.91 Å². The summed E-state index contributed by atoms with van der Waals surface area (Å²) in [4.78, 5) is 14.5. The molecule has 0 spiro atoms. The number of hydrogen-bond donors (Lipinski definition) is 0. The van der Waals surface area contributed by atoms with Gasteiger partial charge in [-0.2, -0.15) is 10.4 Å². The molecule has 1 amide bonds. The first-order valence-corrected chi connectivity index (χ1v) is 8.84. The second-order valence-corrected chi connectivity index (χ2v) is 6.63. The van der Waals surface area contributed by atoms with Gasteiger partial charge < -0.3 is 9.64 Å². The first kappa shape index (κ1) is 17.7. The van der Waals surface area contributed by atoms with E-state index in [-0.39, 0.29) is 24.4 Å². The lowest BCUT2D eigenvalue weighted by Crippen LogP contribution is -2.42. The highest BCUT2D eigenvalue weighted by atomic mass is 19.1. The average Bonchev–Trinajstić information content (AvgIpc) is 3.15. The fourth-order valence-electron chi connectivity index (χ4n) is 3.23. The molecule has 0 N–H and O–H groups in total. The third kappa shape index (κ3) is 3.32. The molecule has 3 aromatic rings. The van der Waals surface area contributed by atoms with Crippen molar-refractivity contribution in [1.82, 2.24) is 9.78 Å². The van der Waals surface area contributed by atoms with E-state index in [1.165, 1.54) is 12.1 Å². The molecule has 0 unspecified atom stereocenters. The number of fused-ring (bicyclic) bond motifs is 1. The lowest BCUT2D eigenvalue weighted by molar-refractivity contribution is 0.0953. The third-order valence-electron chi connectivity index (χ3n) is 4.60. The smallest absolute Gasteiger partial charge is 0.276 e. The summed E-state index contributed by atoms with van der Waals surface area (Å²) >= 11 is 0. The van der Waals surface area contributed by atoms with Crippen molar-refractivity contribution < 1.29 is 13.9 Å². The van der Waals surface area contributed by atoms with E-state index >= 15 is 0 Å². The van der Waals surface area contributed by atoms with Crippen molar-refractivity contribution in [3.8, 4) is 11.8 Å². The van der Waals surface area contributed by atoms with Crippen LogP contribution in [0.3, 0.4) is 0 Å². The Morgan fingerprint density at radius 3 is 2.79 bits per heavy atom. The highest BCUT2D eigenvalue weighted by molar-refractivity contribution is 6.05. The molecular formula is C21H17FN4O2. The first-order valence-electron chi connectivity index (χ1n) is 8.84. The summed E-state index contributed by atoms with van der Waals surface area (Å²) in [6, 6.07) is 16.5. The van der Waals surface area contributed by atoms with Gasteiger partial charge in [-0.1, -0.05) is 6.07 Å². The molecule has 0 fully saturated rings. The van der Waals surface area contributed by atoms with E-state index in [2.05, 4.69) is 11.2 Å². The minimum absolute atomic E-state index is 0.0339. The molecule has 1 aliphatic rings. The van der Waals surface area contributed by atoms with Gasteiger partial charge in [-0.15, -0.1) is 0 Å². The maximum atomic E-state index is 13.2. The van der Waals surface area contributed by atoms with Crippen molar-refractivity contribution in [2.75, 3.05) is 11.4 Å². The Labute approximate surface area is 161 Å².